The van der Waals surface area contributed by atoms with Gasteiger partial charge in [-0.05, 0) is 71.0 Å². The second kappa shape index (κ2) is 27.5. The molecule has 1 saturated carbocycles. The van der Waals surface area contributed by atoms with E-state index in [1.54, 1.807) is 0 Å². The summed E-state index contributed by atoms with van der Waals surface area (Å²) in [5.41, 5.74) is 0. The van der Waals surface area contributed by atoms with E-state index in [4.69, 9.17) is 33.5 Å². The van der Waals surface area contributed by atoms with Gasteiger partial charge in [-0.3, -0.25) is 24.0 Å². The van der Waals surface area contributed by atoms with Crippen LogP contribution in [0.15, 0.2) is 0 Å². The zero-order valence-corrected chi connectivity index (χ0v) is 27.0. The minimum atomic E-state index is -0.422. The normalized spacial score (nSPS) is 14.7. The molecular weight excluding hydrogens is 590 g/mol. The molecule has 45 heavy (non-hydrogen) atoms. The Labute approximate surface area is 267 Å². The van der Waals surface area contributed by atoms with Crippen LogP contribution >= 0.6 is 0 Å². The molecule has 0 heterocycles. The fourth-order valence-corrected chi connectivity index (χ4v) is 5.09. The van der Waals surface area contributed by atoms with Crippen LogP contribution in [0.1, 0.15) is 83.5 Å². The quantitative estimate of drug-likeness (QED) is 0.0547. The lowest BCUT2D eigenvalue weighted by atomic mass is 9.89. The van der Waals surface area contributed by atoms with Gasteiger partial charge in [0.15, 0.2) is 0 Å². The van der Waals surface area contributed by atoms with Crippen LogP contribution in [-0.2, 0) is 52.4 Å². The molecule has 13 nitrogen and oxygen atoms in total. The third-order valence-corrected chi connectivity index (χ3v) is 7.66. The van der Waals surface area contributed by atoms with E-state index in [1.165, 1.54) is 7.11 Å². The largest absolute Gasteiger partial charge is 0.467 e. The van der Waals surface area contributed by atoms with Gasteiger partial charge in [-0.25, -0.2) is 0 Å². The summed E-state index contributed by atoms with van der Waals surface area (Å²) in [4.78, 5) is 60.2. The summed E-state index contributed by atoms with van der Waals surface area (Å²) < 4.78 is 30.8. The third-order valence-electron chi connectivity index (χ3n) is 7.66. The van der Waals surface area contributed by atoms with E-state index in [0.29, 0.717) is 38.8 Å². The average Bonchev–Trinajstić information content (AvgIpc) is 3.05. The molecule has 0 aromatic carbocycles. The molecule has 0 radical (unpaired) electrons. The van der Waals surface area contributed by atoms with Gasteiger partial charge >= 0.3 is 17.9 Å². The summed E-state index contributed by atoms with van der Waals surface area (Å²) in [6.45, 7) is 3.76. The van der Waals surface area contributed by atoms with Crippen molar-refractivity contribution in [2.75, 3.05) is 73.0 Å². The highest BCUT2D eigenvalue weighted by Gasteiger charge is 2.24. The predicted octanol–water partition coefficient (Wildman–Crippen LogP) is 2.84. The van der Waals surface area contributed by atoms with E-state index in [1.807, 2.05) is 0 Å². The average molecular weight is 646 g/mol. The molecular formula is C32H55NO12. The van der Waals surface area contributed by atoms with Gasteiger partial charge in [0.1, 0.15) is 19.8 Å². The van der Waals surface area contributed by atoms with Gasteiger partial charge < -0.3 is 38.4 Å². The molecule has 1 rings (SSSR count). The first-order valence-corrected chi connectivity index (χ1v) is 16.3. The van der Waals surface area contributed by atoms with Gasteiger partial charge in [-0.1, -0.05) is 19.3 Å². The Morgan fingerprint density at radius 3 is 1.67 bits per heavy atom. The second-order valence-corrected chi connectivity index (χ2v) is 11.6. The monoisotopic (exact) mass is 645 g/mol. The van der Waals surface area contributed by atoms with Crippen molar-refractivity contribution in [1.29, 1.82) is 0 Å². The van der Waals surface area contributed by atoms with Crippen molar-refractivity contribution in [3.8, 4) is 0 Å². The number of ether oxygens (including phenoxy) is 6. The number of rotatable bonds is 29. The Balaban J connectivity index is 2.32. The molecule has 0 aliphatic heterocycles. The number of esters is 3. The minimum Gasteiger partial charge on any atom is -0.467 e. The van der Waals surface area contributed by atoms with Crippen LogP contribution < -0.4 is 0 Å². The Hall–Kier alpha value is -2.77. The summed E-state index contributed by atoms with van der Waals surface area (Å²) in [5.74, 6) is -1.63. The summed E-state index contributed by atoms with van der Waals surface area (Å²) >= 11 is 0. The molecule has 1 aliphatic carbocycles. The molecule has 2 unspecified atom stereocenters. The number of hydrogen-bond donors (Lipinski definition) is 1. The van der Waals surface area contributed by atoms with Crippen molar-refractivity contribution in [3.63, 3.8) is 0 Å². The maximum atomic E-state index is 12.4. The fraction of sp³-hybridized carbons (Fsp3) is 0.844. The van der Waals surface area contributed by atoms with E-state index < -0.39 is 5.92 Å². The van der Waals surface area contributed by atoms with Crippen molar-refractivity contribution in [3.05, 3.63) is 0 Å². The van der Waals surface area contributed by atoms with Gasteiger partial charge in [0, 0.05) is 26.6 Å². The number of aliphatic hydroxyl groups is 1. The van der Waals surface area contributed by atoms with Crippen LogP contribution in [0.5, 0.6) is 0 Å². The molecule has 0 aromatic heterocycles. The standard InChI is InChI=1S/C32H55NO12/c1-40-19-27(20-41-25-35)22-43-30(37)13-5-7-15-33(17-9-10-18-34)16-8-6-14-31(38)44-23-28(21-42-26-36)24-45-32(39)29-11-3-2-4-12-29/h25-29,34H,2-24H2,1H3. The lowest BCUT2D eigenvalue weighted by Crippen LogP contribution is -2.28. The number of carbonyl (C=O) groups excluding carboxylic acids is 5. The number of methoxy groups -OCH3 is 1. The maximum absolute atomic E-state index is 12.4. The molecule has 1 N–H and O–H groups in total. The van der Waals surface area contributed by atoms with Gasteiger partial charge in [-0.15, -0.1) is 0 Å². The highest BCUT2D eigenvalue weighted by molar-refractivity contribution is 5.72. The number of nitrogens with zero attached hydrogens (tertiary/aromatic N) is 1. The third kappa shape index (κ3) is 21.6. The van der Waals surface area contributed by atoms with E-state index in [0.717, 1.165) is 71.0 Å². The summed E-state index contributed by atoms with van der Waals surface area (Å²) in [7, 11) is 1.53. The molecule has 0 spiro atoms. The van der Waals surface area contributed by atoms with Crippen LogP contribution in [0, 0.1) is 17.8 Å². The fourth-order valence-electron chi connectivity index (χ4n) is 5.09. The van der Waals surface area contributed by atoms with Crippen LogP contribution in [-0.4, -0.2) is 114 Å². The topological polar surface area (TPSA) is 164 Å². The van der Waals surface area contributed by atoms with Gasteiger partial charge in [0.05, 0.1) is 37.6 Å². The predicted molar refractivity (Wildman–Crippen MR) is 163 cm³/mol. The van der Waals surface area contributed by atoms with Crippen molar-refractivity contribution in [2.24, 2.45) is 17.8 Å². The SMILES string of the molecule is COCC(COC=O)COC(=O)CCCCN(CCCCO)CCCCC(=O)OCC(COC=O)COC(=O)C1CCCCC1. The molecule has 0 saturated heterocycles. The van der Waals surface area contributed by atoms with E-state index in [-0.39, 0.29) is 82.2 Å². The van der Waals surface area contributed by atoms with Crippen molar-refractivity contribution >= 4 is 30.9 Å². The molecule has 0 bridgehead atoms. The van der Waals surface area contributed by atoms with Crippen molar-refractivity contribution < 1.29 is 57.5 Å². The number of carbonyl (C=O) groups is 5. The molecule has 260 valence electrons. The maximum Gasteiger partial charge on any atom is 0.308 e. The second-order valence-electron chi connectivity index (χ2n) is 11.6. The van der Waals surface area contributed by atoms with Crippen LogP contribution in [0.2, 0.25) is 0 Å². The van der Waals surface area contributed by atoms with Crippen LogP contribution in [0.4, 0.5) is 0 Å². The lowest BCUT2D eigenvalue weighted by molar-refractivity contribution is -0.155. The van der Waals surface area contributed by atoms with E-state index in [9.17, 15) is 24.0 Å². The highest BCUT2D eigenvalue weighted by atomic mass is 16.6. The first-order valence-electron chi connectivity index (χ1n) is 16.3. The van der Waals surface area contributed by atoms with Crippen LogP contribution in [0.3, 0.4) is 0 Å². The number of aliphatic hydroxyl groups excluding tert-OH is 1. The minimum absolute atomic E-state index is 0.0000526. The summed E-state index contributed by atoms with van der Waals surface area (Å²) in [5, 5.41) is 9.15. The number of hydrogen-bond acceptors (Lipinski definition) is 13. The van der Waals surface area contributed by atoms with Gasteiger partial charge in [0.25, 0.3) is 12.9 Å². The Morgan fingerprint density at radius 2 is 1.18 bits per heavy atom. The first kappa shape index (κ1) is 40.3. The Bertz CT molecular complexity index is 805. The van der Waals surface area contributed by atoms with E-state index in [2.05, 4.69) is 4.90 Å². The molecule has 1 aliphatic rings. The Kier molecular flexibility index (Phi) is 24.6. The molecule has 0 aromatic rings. The smallest absolute Gasteiger partial charge is 0.308 e. The molecule has 2 atom stereocenters. The first-order chi connectivity index (χ1) is 21.9. The lowest BCUT2D eigenvalue weighted by Gasteiger charge is -2.22. The van der Waals surface area contributed by atoms with Gasteiger partial charge in [0.2, 0.25) is 0 Å². The van der Waals surface area contributed by atoms with Crippen LogP contribution in [0.25, 0.3) is 0 Å². The number of unbranched alkanes of at least 4 members (excludes halogenated alkanes) is 3. The van der Waals surface area contributed by atoms with Gasteiger partial charge in [-0.2, -0.15) is 0 Å². The van der Waals surface area contributed by atoms with Crippen molar-refractivity contribution in [1.82, 2.24) is 4.90 Å². The summed E-state index contributed by atoms with van der Waals surface area (Å²) in [6.07, 6.45) is 9.75. The molecule has 1 fully saturated rings. The van der Waals surface area contributed by atoms with E-state index >= 15 is 0 Å². The zero-order valence-electron chi connectivity index (χ0n) is 27.0. The zero-order chi connectivity index (χ0) is 33.0. The summed E-state index contributed by atoms with van der Waals surface area (Å²) in [6, 6.07) is 0. The van der Waals surface area contributed by atoms with Crippen molar-refractivity contribution in [2.45, 2.75) is 83.5 Å². The Morgan fingerprint density at radius 1 is 0.689 bits per heavy atom. The molecule has 0 amide bonds. The molecule has 13 heteroatoms. The highest BCUT2D eigenvalue weighted by Crippen LogP contribution is 2.24.